The van der Waals surface area contributed by atoms with Gasteiger partial charge in [0.1, 0.15) is 11.6 Å². The zero-order valence-corrected chi connectivity index (χ0v) is 24.8. The predicted octanol–water partition coefficient (Wildman–Crippen LogP) is 5.75. The minimum atomic E-state index is -0.348. The van der Waals surface area contributed by atoms with Crippen molar-refractivity contribution in [1.82, 2.24) is 19.5 Å². The number of methoxy groups -OCH3 is 2. The average molecular weight is 593 g/mol. The van der Waals surface area contributed by atoms with Gasteiger partial charge in [-0.25, -0.2) is 9.97 Å². The zero-order chi connectivity index (χ0) is 30.6. The summed E-state index contributed by atoms with van der Waals surface area (Å²) in [5, 5.41) is 0.721. The molecule has 44 heavy (non-hydrogen) atoms. The monoisotopic (exact) mass is 592 g/mol. The van der Waals surface area contributed by atoms with Crippen molar-refractivity contribution >= 4 is 16.7 Å². The molecule has 0 N–H and O–H groups in total. The average Bonchev–Trinajstić information content (AvgIpc) is 3.06. The fourth-order valence-corrected chi connectivity index (χ4v) is 5.32. The number of rotatable bonds is 9. The van der Waals surface area contributed by atoms with Crippen molar-refractivity contribution in [1.29, 1.82) is 0 Å². The van der Waals surface area contributed by atoms with Gasteiger partial charge >= 0.3 is 0 Å². The van der Waals surface area contributed by atoms with E-state index in [0.29, 0.717) is 47.3 Å². The van der Waals surface area contributed by atoms with Gasteiger partial charge in [0.15, 0.2) is 28.5 Å². The van der Waals surface area contributed by atoms with Crippen LogP contribution in [-0.4, -0.2) is 52.7 Å². The summed E-state index contributed by atoms with van der Waals surface area (Å²) in [5.74, 6) is 1.96. The molecule has 3 aromatic heterocycles. The fraction of sp³-hybridized carbons (Fsp3) is 0.265. The smallest absolute Gasteiger partial charge is 0.200 e. The number of ketones is 1. The van der Waals surface area contributed by atoms with E-state index in [0.717, 1.165) is 29.4 Å². The number of aromatic nitrogens is 4. The number of hydrogen-bond donors (Lipinski definition) is 0. The molecule has 4 heterocycles. The Morgan fingerprint density at radius 1 is 0.932 bits per heavy atom. The number of Topliss-reactive ketones (excluding diaryl/α,β-unsaturated/α-hetero) is 1. The third kappa shape index (κ3) is 6.02. The Balaban J connectivity index is 1.26. The highest BCUT2D eigenvalue weighted by atomic mass is 16.5. The van der Waals surface area contributed by atoms with Crippen LogP contribution in [-0.2, 0) is 11.2 Å². The van der Waals surface area contributed by atoms with Gasteiger partial charge in [0.2, 0.25) is 0 Å². The molecule has 5 aromatic rings. The van der Waals surface area contributed by atoms with Gasteiger partial charge in [-0.2, -0.15) is 0 Å². The van der Waals surface area contributed by atoms with Gasteiger partial charge in [0, 0.05) is 54.9 Å². The number of aryl methyl sites for hydroxylation is 1. The number of carbonyl (C=O) groups excluding carboxylic acids is 1. The Kier molecular flexibility index (Phi) is 8.33. The third-order valence-electron chi connectivity index (χ3n) is 7.76. The van der Waals surface area contributed by atoms with E-state index in [9.17, 15) is 9.59 Å². The normalized spacial score (nSPS) is 13.5. The number of ether oxygens (including phenoxy) is 4. The molecule has 0 bridgehead atoms. The molecule has 1 aliphatic heterocycles. The second-order valence-electron chi connectivity index (χ2n) is 10.6. The van der Waals surface area contributed by atoms with Crippen LogP contribution < -0.4 is 19.6 Å². The zero-order valence-electron chi connectivity index (χ0n) is 24.8. The van der Waals surface area contributed by atoms with Crippen LogP contribution in [0.2, 0.25) is 0 Å². The lowest BCUT2D eigenvalue weighted by Crippen LogP contribution is -2.25. The van der Waals surface area contributed by atoms with E-state index in [-0.39, 0.29) is 35.1 Å². The van der Waals surface area contributed by atoms with E-state index in [1.165, 1.54) is 12.4 Å². The number of fused-ring (bicyclic) bond motifs is 1. The summed E-state index contributed by atoms with van der Waals surface area (Å²) in [6.45, 7) is 3.27. The molecule has 1 saturated heterocycles. The molecule has 2 aromatic carbocycles. The topological polar surface area (TPSA) is 115 Å². The van der Waals surface area contributed by atoms with Crippen molar-refractivity contribution in [3.05, 3.63) is 101 Å². The van der Waals surface area contributed by atoms with E-state index in [1.54, 1.807) is 44.8 Å². The molecule has 0 radical (unpaired) electrons. The Morgan fingerprint density at radius 3 is 2.34 bits per heavy atom. The van der Waals surface area contributed by atoms with Crippen LogP contribution in [0, 0.1) is 6.92 Å². The van der Waals surface area contributed by atoms with Gasteiger partial charge < -0.3 is 23.5 Å². The summed E-state index contributed by atoms with van der Waals surface area (Å²) in [4.78, 5) is 40.3. The molecule has 0 amide bonds. The molecule has 224 valence electrons. The molecule has 6 rings (SSSR count). The van der Waals surface area contributed by atoms with Crippen molar-refractivity contribution < 1.29 is 23.7 Å². The van der Waals surface area contributed by atoms with Gasteiger partial charge in [-0.3, -0.25) is 14.6 Å². The Hall–Kier alpha value is -5.09. The van der Waals surface area contributed by atoms with E-state index >= 15 is 0 Å². The number of carbonyl (C=O) groups is 1. The van der Waals surface area contributed by atoms with Crippen LogP contribution in [0.4, 0.5) is 0 Å². The van der Waals surface area contributed by atoms with E-state index in [1.807, 2.05) is 42.0 Å². The molecule has 0 aliphatic carbocycles. The lowest BCUT2D eigenvalue weighted by molar-refractivity contribution is 0.0693. The maximum atomic E-state index is 13.6. The maximum Gasteiger partial charge on any atom is 0.200 e. The second-order valence-corrected chi connectivity index (χ2v) is 10.6. The Labute approximate surface area is 254 Å². The van der Waals surface area contributed by atoms with Crippen LogP contribution in [0.1, 0.15) is 40.6 Å². The quantitative estimate of drug-likeness (QED) is 0.197. The van der Waals surface area contributed by atoms with Gasteiger partial charge in [0.05, 0.1) is 44.1 Å². The minimum absolute atomic E-state index is 0.117. The van der Waals surface area contributed by atoms with Gasteiger partial charge in [0.25, 0.3) is 0 Å². The number of hydrogen-bond acceptors (Lipinski definition) is 9. The van der Waals surface area contributed by atoms with Crippen molar-refractivity contribution in [2.24, 2.45) is 0 Å². The van der Waals surface area contributed by atoms with Gasteiger partial charge in [-0.1, -0.05) is 29.8 Å². The van der Waals surface area contributed by atoms with Crippen LogP contribution >= 0.6 is 0 Å². The van der Waals surface area contributed by atoms with E-state index < -0.39 is 0 Å². The SMILES string of the molecule is COc1cc2nccc(Oc3cnc(CC(=O)c4cn(C5CCOCC5)cc(-c5ccc(C)cc5)c4=O)nc3)c2cc1OC. The highest BCUT2D eigenvalue weighted by Crippen LogP contribution is 2.36. The first-order chi connectivity index (χ1) is 21.4. The lowest BCUT2D eigenvalue weighted by atomic mass is 9.99. The molecular weight excluding hydrogens is 560 g/mol. The van der Waals surface area contributed by atoms with Gasteiger partial charge in [-0.15, -0.1) is 0 Å². The first kappa shape index (κ1) is 29.0. The number of pyridine rings is 2. The van der Waals surface area contributed by atoms with Gasteiger partial charge in [-0.05, 0) is 37.5 Å². The standard InChI is InChI=1S/C34H32N4O6/c1-21-4-6-22(7-5-21)26-19-38(23-9-12-43-13-10-23)20-27(34(26)40)29(39)16-33-36-17-24(18-37-33)44-30-8-11-35-28-15-32(42-3)31(41-2)14-25(28)30/h4-8,11,14-15,17-20,23H,9-10,12-13,16H2,1-3H3. The molecule has 10 heteroatoms. The molecule has 0 spiro atoms. The Morgan fingerprint density at radius 2 is 1.64 bits per heavy atom. The molecule has 0 saturated carbocycles. The summed E-state index contributed by atoms with van der Waals surface area (Å²) in [5.41, 5.74) is 2.83. The highest BCUT2D eigenvalue weighted by Gasteiger charge is 2.22. The predicted molar refractivity (Wildman–Crippen MR) is 165 cm³/mol. The fourth-order valence-electron chi connectivity index (χ4n) is 5.32. The highest BCUT2D eigenvalue weighted by molar-refractivity contribution is 5.97. The Bertz CT molecular complexity index is 1860. The lowest BCUT2D eigenvalue weighted by Gasteiger charge is -2.26. The first-order valence-electron chi connectivity index (χ1n) is 14.4. The second kappa shape index (κ2) is 12.6. The van der Waals surface area contributed by atoms with Crippen LogP contribution in [0.5, 0.6) is 23.0 Å². The largest absolute Gasteiger partial charge is 0.493 e. The molecule has 0 atom stereocenters. The van der Waals surface area contributed by atoms with Crippen LogP contribution in [0.3, 0.4) is 0 Å². The van der Waals surface area contributed by atoms with Crippen LogP contribution in [0.25, 0.3) is 22.0 Å². The van der Waals surface area contributed by atoms with Crippen molar-refractivity contribution in [2.75, 3.05) is 27.4 Å². The minimum Gasteiger partial charge on any atom is -0.493 e. The first-order valence-corrected chi connectivity index (χ1v) is 14.4. The summed E-state index contributed by atoms with van der Waals surface area (Å²) in [6, 6.07) is 13.2. The summed E-state index contributed by atoms with van der Waals surface area (Å²) in [7, 11) is 3.13. The van der Waals surface area contributed by atoms with Crippen molar-refractivity contribution in [2.45, 2.75) is 32.2 Å². The number of benzene rings is 2. The maximum absolute atomic E-state index is 13.6. The molecule has 10 nitrogen and oxygen atoms in total. The summed E-state index contributed by atoms with van der Waals surface area (Å²) < 4.78 is 24.4. The number of nitrogens with zero attached hydrogens (tertiary/aromatic N) is 4. The molecule has 1 aliphatic rings. The molecule has 1 fully saturated rings. The third-order valence-corrected chi connectivity index (χ3v) is 7.76. The van der Waals surface area contributed by atoms with Crippen molar-refractivity contribution in [3.8, 4) is 34.1 Å². The van der Waals surface area contributed by atoms with Crippen molar-refractivity contribution in [3.63, 3.8) is 0 Å². The van der Waals surface area contributed by atoms with Crippen LogP contribution in [0.15, 0.2) is 78.2 Å². The molecule has 0 unspecified atom stereocenters. The van der Waals surface area contributed by atoms with E-state index in [2.05, 4.69) is 15.0 Å². The molecular formula is C34H32N4O6. The summed E-state index contributed by atoms with van der Waals surface area (Å²) >= 11 is 0. The van der Waals surface area contributed by atoms with E-state index in [4.69, 9.17) is 18.9 Å². The summed E-state index contributed by atoms with van der Waals surface area (Å²) in [6.07, 6.45) is 9.66.